The summed E-state index contributed by atoms with van der Waals surface area (Å²) in [6, 6.07) is 6.86. The van der Waals surface area contributed by atoms with E-state index in [0.29, 0.717) is 0 Å². The van der Waals surface area contributed by atoms with E-state index in [1.165, 1.54) is 6.42 Å². The summed E-state index contributed by atoms with van der Waals surface area (Å²) < 4.78 is 29.4. The van der Waals surface area contributed by atoms with Crippen molar-refractivity contribution in [3.63, 3.8) is 0 Å². The molecule has 17 heavy (non-hydrogen) atoms. The van der Waals surface area contributed by atoms with Gasteiger partial charge < -0.3 is 0 Å². The van der Waals surface area contributed by atoms with Gasteiger partial charge in [0, 0.05) is 0 Å². The zero-order valence-electron chi connectivity index (χ0n) is 10.1. The van der Waals surface area contributed by atoms with Crippen molar-refractivity contribution < 1.29 is 12.6 Å². The Balaban J connectivity index is 2.13. The molecule has 0 saturated heterocycles. The molecule has 1 saturated carbocycles. The van der Waals surface area contributed by atoms with Crippen LogP contribution in [0.4, 0.5) is 0 Å². The molecule has 1 aromatic rings. The third-order valence-corrected chi connectivity index (χ3v) is 4.45. The summed E-state index contributed by atoms with van der Waals surface area (Å²) in [6.45, 7) is 1.87. The predicted octanol–water partition coefficient (Wildman–Crippen LogP) is 3.03. The van der Waals surface area contributed by atoms with E-state index in [1.54, 1.807) is 18.2 Å². The quantitative estimate of drug-likeness (QED) is 0.779. The van der Waals surface area contributed by atoms with Gasteiger partial charge in [-0.25, -0.2) is 0 Å². The molecule has 1 aliphatic rings. The smallest absolute Gasteiger partial charge is 0.263 e. The fraction of sp³-hybridized carbons (Fsp3) is 0.538. The molecule has 3 nitrogen and oxygen atoms in total. The van der Waals surface area contributed by atoms with E-state index in [9.17, 15) is 8.42 Å². The van der Waals surface area contributed by atoms with Gasteiger partial charge in [0.2, 0.25) is 0 Å². The van der Waals surface area contributed by atoms with Crippen LogP contribution < -0.4 is 0 Å². The molecule has 0 heterocycles. The summed E-state index contributed by atoms with van der Waals surface area (Å²) >= 11 is 0. The second-order valence-corrected chi connectivity index (χ2v) is 6.20. The van der Waals surface area contributed by atoms with Crippen molar-refractivity contribution in [2.75, 3.05) is 0 Å². The Kier molecular flexibility index (Phi) is 3.84. The van der Waals surface area contributed by atoms with E-state index in [-0.39, 0.29) is 11.0 Å². The number of benzene rings is 1. The van der Waals surface area contributed by atoms with Crippen molar-refractivity contribution in [1.29, 1.82) is 0 Å². The van der Waals surface area contributed by atoms with Gasteiger partial charge in [0.1, 0.15) is 0 Å². The van der Waals surface area contributed by atoms with Crippen LogP contribution in [0.2, 0.25) is 0 Å². The second-order valence-electron chi connectivity index (χ2n) is 4.63. The largest absolute Gasteiger partial charge is 0.297 e. The van der Waals surface area contributed by atoms with E-state index >= 15 is 0 Å². The lowest BCUT2D eigenvalue weighted by Gasteiger charge is -2.21. The molecule has 0 bridgehead atoms. The van der Waals surface area contributed by atoms with Crippen LogP contribution in [0.1, 0.15) is 37.7 Å². The minimum Gasteiger partial charge on any atom is -0.263 e. The molecule has 0 amide bonds. The lowest BCUT2D eigenvalue weighted by molar-refractivity contribution is 0.162. The number of aryl methyl sites for hydroxylation is 1. The van der Waals surface area contributed by atoms with E-state index < -0.39 is 10.1 Å². The molecule has 0 atom stereocenters. The highest BCUT2D eigenvalue weighted by Gasteiger charge is 2.23. The molecule has 2 rings (SSSR count). The molecule has 0 unspecified atom stereocenters. The highest BCUT2D eigenvalue weighted by atomic mass is 32.2. The second kappa shape index (κ2) is 5.19. The molecule has 1 aliphatic carbocycles. The standard InChI is InChI=1S/C13H18O3S/c1-11-6-5-9-13(10-11)17(14,15)16-12-7-3-2-4-8-12/h5-6,9-10,12H,2-4,7-8H2,1H3. The monoisotopic (exact) mass is 254 g/mol. The summed E-state index contributed by atoms with van der Waals surface area (Å²) in [5.74, 6) is 0. The third kappa shape index (κ3) is 3.30. The average Bonchev–Trinajstić information content (AvgIpc) is 2.30. The van der Waals surface area contributed by atoms with E-state index in [2.05, 4.69) is 0 Å². The van der Waals surface area contributed by atoms with Gasteiger partial charge in [-0.3, -0.25) is 4.18 Å². The molecule has 1 fully saturated rings. The van der Waals surface area contributed by atoms with Crippen LogP contribution in [0.3, 0.4) is 0 Å². The van der Waals surface area contributed by atoms with Crippen molar-refractivity contribution in [2.24, 2.45) is 0 Å². The molecule has 4 heteroatoms. The maximum absolute atomic E-state index is 12.0. The van der Waals surface area contributed by atoms with Gasteiger partial charge in [-0.05, 0) is 37.5 Å². The van der Waals surface area contributed by atoms with E-state index in [4.69, 9.17) is 4.18 Å². The predicted molar refractivity (Wildman–Crippen MR) is 66.3 cm³/mol. The Morgan fingerprint density at radius 1 is 1.18 bits per heavy atom. The van der Waals surface area contributed by atoms with Crippen LogP contribution in [-0.4, -0.2) is 14.5 Å². The molecule has 0 aromatic heterocycles. The molecule has 94 valence electrons. The first-order chi connectivity index (χ1) is 8.08. The summed E-state index contributed by atoms with van der Waals surface area (Å²) in [5, 5.41) is 0. The molecule has 1 aromatic carbocycles. The zero-order chi connectivity index (χ0) is 12.3. The molecule has 0 N–H and O–H groups in total. The first-order valence-corrected chi connectivity index (χ1v) is 7.49. The van der Waals surface area contributed by atoms with Crippen LogP contribution in [-0.2, 0) is 14.3 Å². The minimum atomic E-state index is -3.58. The van der Waals surface area contributed by atoms with Gasteiger partial charge >= 0.3 is 0 Å². The molecule has 0 spiro atoms. The van der Waals surface area contributed by atoms with Crippen LogP contribution in [0.25, 0.3) is 0 Å². The molecule has 0 radical (unpaired) electrons. The highest BCUT2D eigenvalue weighted by Crippen LogP contribution is 2.24. The SMILES string of the molecule is Cc1cccc(S(=O)(=O)OC2CCCCC2)c1. The number of rotatable bonds is 3. The topological polar surface area (TPSA) is 43.4 Å². The van der Waals surface area contributed by atoms with Gasteiger partial charge in [-0.1, -0.05) is 31.4 Å². The third-order valence-electron chi connectivity index (χ3n) is 3.09. The lowest BCUT2D eigenvalue weighted by atomic mass is 9.98. The van der Waals surface area contributed by atoms with E-state index in [1.807, 2.05) is 13.0 Å². The Labute approximate surface area is 103 Å². The fourth-order valence-corrected chi connectivity index (χ4v) is 3.40. The fourth-order valence-electron chi connectivity index (χ4n) is 2.17. The Morgan fingerprint density at radius 2 is 1.88 bits per heavy atom. The van der Waals surface area contributed by atoms with Crippen molar-refractivity contribution in [1.82, 2.24) is 0 Å². The van der Waals surface area contributed by atoms with Crippen LogP contribution >= 0.6 is 0 Å². The number of hydrogen-bond acceptors (Lipinski definition) is 3. The normalized spacial score (nSPS) is 18.2. The summed E-state index contributed by atoms with van der Waals surface area (Å²) in [7, 11) is -3.58. The Morgan fingerprint density at radius 3 is 2.53 bits per heavy atom. The maximum Gasteiger partial charge on any atom is 0.297 e. The van der Waals surface area contributed by atoms with Crippen LogP contribution in [0.15, 0.2) is 29.2 Å². The highest BCUT2D eigenvalue weighted by molar-refractivity contribution is 7.86. The van der Waals surface area contributed by atoms with Gasteiger partial charge in [-0.15, -0.1) is 0 Å². The molecular weight excluding hydrogens is 236 g/mol. The van der Waals surface area contributed by atoms with Crippen molar-refractivity contribution in [2.45, 2.75) is 50.0 Å². The Hall–Kier alpha value is -0.870. The summed E-state index contributed by atoms with van der Waals surface area (Å²) in [4.78, 5) is 0.267. The van der Waals surface area contributed by atoms with Crippen molar-refractivity contribution in [3.05, 3.63) is 29.8 Å². The summed E-state index contributed by atoms with van der Waals surface area (Å²) in [5.41, 5.74) is 0.929. The van der Waals surface area contributed by atoms with Gasteiger partial charge in [-0.2, -0.15) is 8.42 Å². The molecule has 0 aliphatic heterocycles. The molecular formula is C13H18O3S. The average molecular weight is 254 g/mol. The first-order valence-electron chi connectivity index (χ1n) is 6.08. The maximum atomic E-state index is 12.0. The zero-order valence-corrected chi connectivity index (χ0v) is 10.9. The van der Waals surface area contributed by atoms with Gasteiger partial charge in [0.25, 0.3) is 10.1 Å². The van der Waals surface area contributed by atoms with Gasteiger partial charge in [0.05, 0.1) is 11.0 Å². The van der Waals surface area contributed by atoms with Crippen LogP contribution in [0.5, 0.6) is 0 Å². The minimum absolute atomic E-state index is 0.130. The Bertz CT molecular complexity index is 473. The first kappa shape index (κ1) is 12.6. The lowest BCUT2D eigenvalue weighted by Crippen LogP contribution is -2.21. The van der Waals surface area contributed by atoms with Crippen LogP contribution in [0, 0.1) is 6.92 Å². The van der Waals surface area contributed by atoms with Crippen molar-refractivity contribution >= 4 is 10.1 Å². The van der Waals surface area contributed by atoms with Crippen molar-refractivity contribution in [3.8, 4) is 0 Å². The van der Waals surface area contributed by atoms with E-state index in [0.717, 1.165) is 31.2 Å². The van der Waals surface area contributed by atoms with Gasteiger partial charge in [0.15, 0.2) is 0 Å². The summed E-state index contributed by atoms with van der Waals surface area (Å²) in [6.07, 6.45) is 4.89. The number of hydrogen-bond donors (Lipinski definition) is 0.